The molecule has 13 rings (SSSR count). The van der Waals surface area contributed by atoms with E-state index >= 15 is 9.59 Å². The van der Waals surface area contributed by atoms with Gasteiger partial charge < -0.3 is 0 Å². The fraction of sp³-hybridized carbons (Fsp3) is 0.185. The van der Waals surface area contributed by atoms with Crippen LogP contribution in [0.5, 0.6) is 0 Å². The van der Waals surface area contributed by atoms with E-state index in [0.717, 1.165) is 77.9 Å². The number of aryl methyl sites for hydroxylation is 6. The monoisotopic (exact) mass is 722 g/mol. The van der Waals surface area contributed by atoms with Crippen LogP contribution in [0.15, 0.2) is 121 Å². The summed E-state index contributed by atoms with van der Waals surface area (Å²) in [7, 11) is 0. The summed E-state index contributed by atoms with van der Waals surface area (Å²) in [5.74, 6) is -0.657. The van der Waals surface area contributed by atoms with Gasteiger partial charge in [0.25, 0.3) is 0 Å². The Balaban J connectivity index is 1.38. The second kappa shape index (κ2) is 11.7. The summed E-state index contributed by atoms with van der Waals surface area (Å²) in [5.41, 5.74) is 23.4. The number of benzene rings is 7. The van der Waals surface area contributed by atoms with E-state index in [1.807, 2.05) is 0 Å². The SMILES string of the molecule is Cc1cc(C)c(C(=O)c2c3c(c(C(=O)c4c(C)cc(C)cc4C)c4c2C2c5ccccc5C4c4ccccc42)C2c4ccccc4C3c3ccccc32)c(C)c1. The van der Waals surface area contributed by atoms with E-state index in [2.05, 4.69) is 163 Å². The molecule has 0 unspecified atom stereocenters. The third kappa shape index (κ3) is 4.22. The van der Waals surface area contributed by atoms with Crippen molar-refractivity contribution in [2.45, 2.75) is 65.2 Å². The lowest BCUT2D eigenvalue weighted by molar-refractivity contribution is 0.102. The highest BCUT2D eigenvalue weighted by molar-refractivity contribution is 6.19. The molecule has 0 aromatic heterocycles. The van der Waals surface area contributed by atoms with Gasteiger partial charge in [0.15, 0.2) is 11.6 Å². The van der Waals surface area contributed by atoms with Gasteiger partial charge in [0.05, 0.1) is 0 Å². The number of hydrogen-bond acceptors (Lipinski definition) is 2. The van der Waals surface area contributed by atoms with Crippen LogP contribution in [0.3, 0.4) is 0 Å². The quantitative estimate of drug-likeness (QED) is 0.170. The van der Waals surface area contributed by atoms with Gasteiger partial charge in [-0.15, -0.1) is 0 Å². The second-order valence-electron chi connectivity index (χ2n) is 16.9. The fourth-order valence-corrected chi connectivity index (χ4v) is 11.9. The summed E-state index contributed by atoms with van der Waals surface area (Å²) in [6.07, 6.45) is 0. The van der Waals surface area contributed by atoms with E-state index in [4.69, 9.17) is 0 Å². The summed E-state index contributed by atoms with van der Waals surface area (Å²) in [4.78, 5) is 32.3. The molecular formula is C54H42O2. The van der Waals surface area contributed by atoms with Gasteiger partial charge >= 0.3 is 0 Å². The van der Waals surface area contributed by atoms with Crippen LogP contribution in [0.4, 0.5) is 0 Å². The Labute approximate surface area is 328 Å². The van der Waals surface area contributed by atoms with Crippen LogP contribution in [-0.4, -0.2) is 11.6 Å². The molecule has 0 amide bonds. The number of hydrogen-bond donors (Lipinski definition) is 0. The molecule has 0 atom stereocenters. The lowest BCUT2D eigenvalue weighted by atomic mass is 9.52. The minimum atomic E-state index is -0.199. The molecule has 0 N–H and O–H groups in total. The smallest absolute Gasteiger partial charge is 0.194 e. The molecule has 56 heavy (non-hydrogen) atoms. The lowest BCUT2D eigenvalue weighted by Gasteiger charge is -2.49. The van der Waals surface area contributed by atoms with Crippen molar-refractivity contribution < 1.29 is 9.59 Å². The summed E-state index contributed by atoms with van der Waals surface area (Å²) in [6, 6.07) is 43.7. The van der Waals surface area contributed by atoms with Crippen molar-refractivity contribution in [3.05, 3.63) is 244 Å². The number of rotatable bonds is 4. The molecule has 0 saturated heterocycles. The highest BCUT2D eigenvalue weighted by Crippen LogP contribution is 2.64. The van der Waals surface area contributed by atoms with Crippen LogP contribution < -0.4 is 0 Å². The Morgan fingerprint density at radius 1 is 0.321 bits per heavy atom. The van der Waals surface area contributed by atoms with Crippen molar-refractivity contribution in [2.75, 3.05) is 0 Å². The number of carbonyl (C=O) groups is 2. The zero-order chi connectivity index (χ0) is 38.3. The van der Waals surface area contributed by atoms with E-state index in [-0.39, 0.29) is 35.2 Å². The molecular weight excluding hydrogens is 681 g/mol. The Bertz CT molecular complexity index is 2470. The fourth-order valence-electron chi connectivity index (χ4n) is 11.9. The van der Waals surface area contributed by atoms with Crippen molar-refractivity contribution in [1.29, 1.82) is 0 Å². The second-order valence-corrected chi connectivity index (χ2v) is 16.9. The Morgan fingerprint density at radius 3 is 0.714 bits per heavy atom. The number of carbonyl (C=O) groups excluding carboxylic acids is 2. The van der Waals surface area contributed by atoms with E-state index in [1.54, 1.807) is 0 Å². The molecule has 2 heteroatoms. The lowest BCUT2D eigenvalue weighted by Crippen LogP contribution is -2.38. The molecule has 0 spiro atoms. The predicted molar refractivity (Wildman–Crippen MR) is 224 cm³/mol. The minimum Gasteiger partial charge on any atom is -0.289 e. The highest BCUT2D eigenvalue weighted by Gasteiger charge is 2.52. The van der Waals surface area contributed by atoms with Crippen LogP contribution in [0.25, 0.3) is 0 Å². The summed E-state index contributed by atoms with van der Waals surface area (Å²) in [6.45, 7) is 12.5. The Kier molecular flexibility index (Phi) is 6.94. The predicted octanol–water partition coefficient (Wildman–Crippen LogP) is 12.0. The van der Waals surface area contributed by atoms with Gasteiger partial charge in [-0.3, -0.25) is 9.59 Å². The van der Waals surface area contributed by atoms with Crippen LogP contribution in [0.2, 0.25) is 0 Å². The standard InChI is InChI=1S/C54H42O2/c1-27-23-29(3)41(30(4)24-27)53(55)51-47-43-33-15-7-11-19-37(33)45(38-20-12-8-16-34(38)43)49(47)52(54(56)42-31(5)25-28(2)26-32(42)6)50-46-39-21-13-9-17-35(39)44(48(50)51)36-18-10-14-22-40(36)46/h7-26,43-46H,1-6H3. The van der Waals surface area contributed by atoms with Gasteiger partial charge in [-0.2, -0.15) is 0 Å². The molecule has 0 heterocycles. The minimum absolute atomic E-state index is 0.0687. The summed E-state index contributed by atoms with van der Waals surface area (Å²) < 4.78 is 0. The Hall–Kier alpha value is -6.12. The molecule has 2 nitrogen and oxygen atoms in total. The van der Waals surface area contributed by atoms with Crippen molar-refractivity contribution >= 4 is 11.6 Å². The van der Waals surface area contributed by atoms with Gasteiger partial charge in [0.2, 0.25) is 0 Å². The third-order valence-electron chi connectivity index (χ3n) is 13.5. The molecule has 0 radical (unpaired) electrons. The maximum atomic E-state index is 16.2. The maximum absolute atomic E-state index is 16.2. The van der Waals surface area contributed by atoms with Crippen molar-refractivity contribution in [3.63, 3.8) is 0 Å². The molecule has 7 aromatic carbocycles. The van der Waals surface area contributed by atoms with E-state index in [9.17, 15) is 0 Å². The topological polar surface area (TPSA) is 34.1 Å². The molecule has 6 aliphatic carbocycles. The first kappa shape index (κ1) is 33.2. The average molecular weight is 723 g/mol. The third-order valence-corrected chi connectivity index (χ3v) is 13.5. The zero-order valence-corrected chi connectivity index (χ0v) is 32.7. The van der Waals surface area contributed by atoms with E-state index in [0.29, 0.717) is 0 Å². The van der Waals surface area contributed by atoms with Gasteiger partial charge in [0.1, 0.15) is 0 Å². The van der Waals surface area contributed by atoms with Crippen LogP contribution >= 0.6 is 0 Å². The summed E-state index contributed by atoms with van der Waals surface area (Å²) in [5, 5.41) is 0. The largest absolute Gasteiger partial charge is 0.289 e. The highest BCUT2D eigenvalue weighted by atomic mass is 16.1. The van der Waals surface area contributed by atoms with Crippen molar-refractivity contribution in [2.24, 2.45) is 0 Å². The van der Waals surface area contributed by atoms with Gasteiger partial charge in [0, 0.05) is 45.9 Å². The van der Waals surface area contributed by atoms with Crippen molar-refractivity contribution in [1.82, 2.24) is 0 Å². The molecule has 270 valence electrons. The van der Waals surface area contributed by atoms with Gasteiger partial charge in [-0.25, -0.2) is 0 Å². The van der Waals surface area contributed by atoms with Crippen LogP contribution in [0, 0.1) is 41.5 Å². The first-order valence-electron chi connectivity index (χ1n) is 20.0. The number of ketones is 2. The molecule has 4 bridgehead atoms. The summed E-state index contributed by atoms with van der Waals surface area (Å²) >= 11 is 0. The molecule has 0 aliphatic heterocycles. The van der Waals surface area contributed by atoms with Crippen LogP contribution in [-0.2, 0) is 0 Å². The van der Waals surface area contributed by atoms with Gasteiger partial charge in [-0.05, 0) is 131 Å². The van der Waals surface area contributed by atoms with E-state index < -0.39 is 0 Å². The first-order chi connectivity index (χ1) is 27.2. The Morgan fingerprint density at radius 2 is 0.518 bits per heavy atom. The van der Waals surface area contributed by atoms with Crippen molar-refractivity contribution in [3.8, 4) is 0 Å². The maximum Gasteiger partial charge on any atom is 0.194 e. The van der Waals surface area contributed by atoms with E-state index in [1.165, 1.54) is 44.5 Å². The normalized spacial score (nSPS) is 18.7. The van der Waals surface area contributed by atoms with Crippen LogP contribution in [0.1, 0.15) is 156 Å². The molecule has 7 aromatic rings. The molecule has 0 fully saturated rings. The zero-order valence-electron chi connectivity index (χ0n) is 32.7. The molecule has 6 aliphatic rings. The first-order valence-corrected chi connectivity index (χ1v) is 20.0. The van der Waals surface area contributed by atoms with Gasteiger partial charge in [-0.1, -0.05) is 132 Å². The average Bonchev–Trinajstić information content (AvgIpc) is 3.18. The molecule has 0 saturated carbocycles.